The molecule has 2 aromatic rings. The summed E-state index contributed by atoms with van der Waals surface area (Å²) in [6.45, 7) is 0. The van der Waals surface area contributed by atoms with E-state index in [-0.39, 0.29) is 11.3 Å². The molecular formula is C14H11N3O5. The smallest absolute Gasteiger partial charge is 0.282 e. The van der Waals surface area contributed by atoms with Gasteiger partial charge in [0.2, 0.25) is 0 Å². The van der Waals surface area contributed by atoms with Crippen molar-refractivity contribution in [2.45, 2.75) is 0 Å². The van der Waals surface area contributed by atoms with Gasteiger partial charge in [-0.3, -0.25) is 30.6 Å². The van der Waals surface area contributed by atoms with E-state index in [0.717, 1.165) is 6.08 Å². The predicted molar refractivity (Wildman–Crippen MR) is 76.4 cm³/mol. The van der Waals surface area contributed by atoms with E-state index in [4.69, 9.17) is 4.42 Å². The summed E-state index contributed by atoms with van der Waals surface area (Å²) in [7, 11) is 0. The molecule has 0 atom stereocenters. The Morgan fingerprint density at radius 2 is 1.91 bits per heavy atom. The monoisotopic (exact) mass is 301 g/mol. The molecular weight excluding hydrogens is 290 g/mol. The van der Waals surface area contributed by atoms with Crippen LogP contribution in [0.25, 0.3) is 6.08 Å². The zero-order valence-electron chi connectivity index (χ0n) is 11.2. The molecule has 1 aromatic carbocycles. The van der Waals surface area contributed by atoms with Crippen molar-refractivity contribution in [1.82, 2.24) is 10.9 Å². The molecule has 0 saturated heterocycles. The van der Waals surface area contributed by atoms with E-state index in [2.05, 4.69) is 10.9 Å². The normalized spacial score (nSPS) is 10.4. The average molecular weight is 301 g/mol. The third kappa shape index (κ3) is 3.79. The molecule has 8 heteroatoms. The molecule has 0 unspecified atom stereocenters. The first kappa shape index (κ1) is 15.0. The number of rotatable bonds is 4. The van der Waals surface area contributed by atoms with Crippen LogP contribution in [0.2, 0.25) is 0 Å². The number of carbonyl (C=O) groups is 2. The molecule has 0 aliphatic rings. The fourth-order valence-electron chi connectivity index (χ4n) is 1.60. The summed E-state index contributed by atoms with van der Waals surface area (Å²) in [5.74, 6) is -0.921. The first-order valence-electron chi connectivity index (χ1n) is 6.13. The number of hydrazine groups is 1. The van der Waals surface area contributed by atoms with Gasteiger partial charge in [-0.2, -0.15) is 0 Å². The summed E-state index contributed by atoms with van der Waals surface area (Å²) < 4.78 is 4.99. The molecule has 0 saturated carbocycles. The topological polar surface area (TPSA) is 114 Å². The van der Waals surface area contributed by atoms with Crippen molar-refractivity contribution in [3.63, 3.8) is 0 Å². The molecule has 2 N–H and O–H groups in total. The summed E-state index contributed by atoms with van der Waals surface area (Å²) in [6, 6.07) is 8.73. The van der Waals surface area contributed by atoms with E-state index in [1.807, 2.05) is 0 Å². The lowest BCUT2D eigenvalue weighted by molar-refractivity contribution is -0.385. The Kier molecular flexibility index (Phi) is 4.66. The van der Waals surface area contributed by atoms with Crippen LogP contribution in [-0.4, -0.2) is 16.7 Å². The van der Waals surface area contributed by atoms with Gasteiger partial charge >= 0.3 is 0 Å². The Balaban J connectivity index is 1.95. The highest BCUT2D eigenvalue weighted by molar-refractivity contribution is 6.00. The van der Waals surface area contributed by atoms with Crippen LogP contribution in [-0.2, 0) is 4.79 Å². The second-order valence-electron chi connectivity index (χ2n) is 4.07. The summed E-state index contributed by atoms with van der Waals surface area (Å²) in [5.41, 5.74) is 3.72. The van der Waals surface area contributed by atoms with Crippen molar-refractivity contribution < 1.29 is 18.9 Å². The number of nitro groups is 1. The first-order chi connectivity index (χ1) is 10.6. The van der Waals surface area contributed by atoms with Gasteiger partial charge in [0.25, 0.3) is 17.5 Å². The number of carbonyl (C=O) groups excluding carboxylic acids is 2. The van der Waals surface area contributed by atoms with Gasteiger partial charge < -0.3 is 4.42 Å². The SMILES string of the molecule is O=C(/C=C/c1ccco1)NNC(=O)c1ccccc1[N+](=O)[O-]. The minimum Gasteiger partial charge on any atom is -0.465 e. The lowest BCUT2D eigenvalue weighted by Gasteiger charge is -2.05. The van der Waals surface area contributed by atoms with Gasteiger partial charge in [0.1, 0.15) is 11.3 Å². The van der Waals surface area contributed by atoms with Crippen LogP contribution in [0.4, 0.5) is 5.69 Å². The number of hydrogen-bond acceptors (Lipinski definition) is 5. The van der Waals surface area contributed by atoms with E-state index in [9.17, 15) is 19.7 Å². The number of para-hydroxylation sites is 1. The minimum absolute atomic E-state index is 0.150. The third-order valence-corrected chi connectivity index (χ3v) is 2.59. The lowest BCUT2D eigenvalue weighted by atomic mass is 10.2. The molecule has 2 rings (SSSR count). The minimum atomic E-state index is -0.785. The summed E-state index contributed by atoms with van der Waals surface area (Å²) in [4.78, 5) is 33.5. The Morgan fingerprint density at radius 3 is 2.59 bits per heavy atom. The molecule has 112 valence electrons. The van der Waals surface area contributed by atoms with Crippen LogP contribution in [0.5, 0.6) is 0 Å². The summed E-state index contributed by atoms with van der Waals surface area (Å²) in [6.07, 6.45) is 4.01. The molecule has 0 aliphatic carbocycles. The maximum absolute atomic E-state index is 11.8. The van der Waals surface area contributed by atoms with Gasteiger partial charge in [-0.05, 0) is 24.3 Å². The fraction of sp³-hybridized carbons (Fsp3) is 0. The number of nitrogens with zero attached hydrogens (tertiary/aromatic N) is 1. The van der Waals surface area contributed by atoms with Gasteiger partial charge in [-0.15, -0.1) is 0 Å². The quantitative estimate of drug-likeness (QED) is 0.506. The van der Waals surface area contributed by atoms with Gasteiger partial charge in [0.05, 0.1) is 11.2 Å². The van der Waals surface area contributed by atoms with E-state index >= 15 is 0 Å². The van der Waals surface area contributed by atoms with Crippen LogP contribution < -0.4 is 10.9 Å². The molecule has 22 heavy (non-hydrogen) atoms. The van der Waals surface area contributed by atoms with Crippen molar-refractivity contribution in [3.8, 4) is 0 Å². The Bertz CT molecular complexity index is 722. The molecule has 0 fully saturated rings. The largest absolute Gasteiger partial charge is 0.465 e. The zero-order chi connectivity index (χ0) is 15.9. The average Bonchev–Trinajstić information content (AvgIpc) is 3.04. The van der Waals surface area contributed by atoms with Crippen molar-refractivity contribution in [2.24, 2.45) is 0 Å². The van der Waals surface area contributed by atoms with E-state index in [1.165, 1.54) is 36.6 Å². The predicted octanol–water partition coefficient (Wildman–Crippen LogP) is 1.66. The van der Waals surface area contributed by atoms with Crippen LogP contribution in [0.15, 0.2) is 53.2 Å². The number of nitro benzene ring substituents is 1. The van der Waals surface area contributed by atoms with Gasteiger partial charge in [-0.1, -0.05) is 12.1 Å². The number of furan rings is 1. The van der Waals surface area contributed by atoms with Crippen molar-refractivity contribution in [1.29, 1.82) is 0 Å². The molecule has 0 aliphatic heterocycles. The number of nitrogens with one attached hydrogen (secondary N) is 2. The molecule has 0 radical (unpaired) electrons. The highest BCUT2D eigenvalue weighted by atomic mass is 16.6. The van der Waals surface area contributed by atoms with E-state index < -0.39 is 16.7 Å². The van der Waals surface area contributed by atoms with Gasteiger partial charge in [0.15, 0.2) is 0 Å². The molecule has 8 nitrogen and oxygen atoms in total. The van der Waals surface area contributed by atoms with E-state index in [1.54, 1.807) is 12.1 Å². The molecule has 1 aromatic heterocycles. The first-order valence-corrected chi connectivity index (χ1v) is 6.13. The van der Waals surface area contributed by atoms with Crippen molar-refractivity contribution in [3.05, 3.63) is 70.2 Å². The lowest BCUT2D eigenvalue weighted by Crippen LogP contribution is -2.40. The van der Waals surface area contributed by atoms with Gasteiger partial charge in [-0.25, -0.2) is 0 Å². The molecule has 1 heterocycles. The number of amides is 2. The maximum atomic E-state index is 11.8. The Morgan fingerprint density at radius 1 is 1.14 bits per heavy atom. The molecule has 0 spiro atoms. The summed E-state index contributed by atoms with van der Waals surface area (Å²) in [5, 5.41) is 10.8. The third-order valence-electron chi connectivity index (χ3n) is 2.59. The highest BCUT2D eigenvalue weighted by Crippen LogP contribution is 2.16. The second-order valence-corrected chi connectivity index (χ2v) is 4.07. The van der Waals surface area contributed by atoms with Crippen LogP contribution >= 0.6 is 0 Å². The molecule has 2 amide bonds. The van der Waals surface area contributed by atoms with Crippen LogP contribution in [0.1, 0.15) is 16.1 Å². The fourth-order valence-corrected chi connectivity index (χ4v) is 1.60. The standard InChI is InChI=1S/C14H11N3O5/c18-13(8-7-10-4-3-9-22-10)15-16-14(19)11-5-1-2-6-12(11)17(20)21/h1-9H,(H,15,18)(H,16,19)/b8-7+. The van der Waals surface area contributed by atoms with Gasteiger partial charge in [0, 0.05) is 12.1 Å². The number of hydrogen-bond donors (Lipinski definition) is 2. The number of benzene rings is 1. The Hall–Kier alpha value is -3.42. The molecule has 0 bridgehead atoms. The second kappa shape index (κ2) is 6.84. The van der Waals surface area contributed by atoms with Crippen molar-refractivity contribution >= 4 is 23.6 Å². The van der Waals surface area contributed by atoms with E-state index in [0.29, 0.717) is 5.76 Å². The highest BCUT2D eigenvalue weighted by Gasteiger charge is 2.19. The zero-order valence-corrected chi connectivity index (χ0v) is 11.2. The van der Waals surface area contributed by atoms with Crippen molar-refractivity contribution in [2.75, 3.05) is 0 Å². The van der Waals surface area contributed by atoms with Crippen LogP contribution in [0, 0.1) is 10.1 Å². The summed E-state index contributed by atoms with van der Waals surface area (Å²) >= 11 is 0. The maximum Gasteiger partial charge on any atom is 0.282 e. The Labute approximate surface area is 124 Å². The van der Waals surface area contributed by atoms with Crippen LogP contribution in [0.3, 0.4) is 0 Å².